The quantitative estimate of drug-likeness (QED) is 0.805. The zero-order valence-electron chi connectivity index (χ0n) is 13.0. The number of carbonyl (C=O) groups is 1. The minimum atomic E-state index is -0.232. The molecule has 6 heteroatoms. The van der Waals surface area contributed by atoms with Crippen LogP contribution in [-0.2, 0) is 4.79 Å². The minimum Gasteiger partial charge on any atom is -0.352 e. The summed E-state index contributed by atoms with van der Waals surface area (Å²) in [6.07, 6.45) is 1.10. The zero-order valence-corrected chi connectivity index (χ0v) is 14.6. The van der Waals surface area contributed by atoms with Crippen molar-refractivity contribution in [2.75, 3.05) is 18.8 Å². The Balaban J connectivity index is 0.00000242. The number of halogens is 2. The molecule has 0 aromatic heterocycles. The summed E-state index contributed by atoms with van der Waals surface area (Å²) < 4.78 is 12.8. The van der Waals surface area contributed by atoms with Gasteiger partial charge in [0.25, 0.3) is 0 Å². The predicted molar refractivity (Wildman–Crippen MR) is 92.1 cm³/mol. The molecule has 1 aromatic carbocycles. The monoisotopic (exact) mass is 346 g/mol. The van der Waals surface area contributed by atoms with Crippen molar-refractivity contribution in [1.82, 2.24) is 10.6 Å². The molecule has 3 nitrogen and oxygen atoms in total. The van der Waals surface area contributed by atoms with Gasteiger partial charge in [-0.2, -0.15) is 0 Å². The Kier molecular flexibility index (Phi) is 8.21. The Bertz CT molecular complexity index is 472. The van der Waals surface area contributed by atoms with Gasteiger partial charge in [0.15, 0.2) is 0 Å². The van der Waals surface area contributed by atoms with Crippen molar-refractivity contribution in [2.45, 2.75) is 31.2 Å². The second kappa shape index (κ2) is 9.38. The molecule has 0 saturated carbocycles. The molecule has 3 atom stereocenters. The van der Waals surface area contributed by atoms with Crippen LogP contribution < -0.4 is 10.6 Å². The van der Waals surface area contributed by atoms with Crippen LogP contribution in [0.25, 0.3) is 0 Å². The van der Waals surface area contributed by atoms with Gasteiger partial charge in [-0.1, -0.05) is 13.8 Å². The van der Waals surface area contributed by atoms with Gasteiger partial charge in [-0.3, -0.25) is 4.79 Å². The topological polar surface area (TPSA) is 41.1 Å². The summed E-state index contributed by atoms with van der Waals surface area (Å²) in [7, 11) is 0. The molecule has 1 heterocycles. The van der Waals surface area contributed by atoms with E-state index in [0.29, 0.717) is 11.7 Å². The number of carbonyl (C=O) groups excluding carboxylic acids is 1. The van der Waals surface area contributed by atoms with Gasteiger partial charge < -0.3 is 10.6 Å². The number of rotatable bonds is 5. The maximum Gasteiger partial charge on any atom is 0.223 e. The largest absolute Gasteiger partial charge is 0.352 e. The van der Waals surface area contributed by atoms with Gasteiger partial charge in [-0.15, -0.1) is 24.2 Å². The number of hydrogen-bond donors (Lipinski definition) is 2. The van der Waals surface area contributed by atoms with Gasteiger partial charge in [-0.05, 0) is 43.1 Å². The second-order valence-corrected chi connectivity index (χ2v) is 6.84. The highest BCUT2D eigenvalue weighted by Gasteiger charge is 2.24. The third-order valence-electron chi connectivity index (χ3n) is 3.92. The number of hydrogen-bond acceptors (Lipinski definition) is 3. The molecule has 0 bridgehead atoms. The van der Waals surface area contributed by atoms with Gasteiger partial charge >= 0.3 is 0 Å². The van der Waals surface area contributed by atoms with Crippen molar-refractivity contribution < 1.29 is 9.18 Å². The standard InChI is InChI=1S/C16H23FN2OS.ClH/c1-11-7-8-18-9-15(11)19-16(20)12(2)10-21-14-5-3-13(17)4-6-14;/h3-6,11-12,15,18H,7-10H2,1-2H3,(H,19,20);1H. The van der Waals surface area contributed by atoms with Gasteiger partial charge in [0.2, 0.25) is 5.91 Å². The Labute approximate surface area is 142 Å². The number of nitrogens with one attached hydrogen (secondary N) is 2. The fourth-order valence-electron chi connectivity index (χ4n) is 2.34. The summed E-state index contributed by atoms with van der Waals surface area (Å²) in [5.41, 5.74) is 0. The molecule has 0 spiro atoms. The third-order valence-corrected chi connectivity index (χ3v) is 5.19. The first-order valence-corrected chi connectivity index (χ1v) is 8.44. The maximum atomic E-state index is 12.8. The zero-order chi connectivity index (χ0) is 15.2. The lowest BCUT2D eigenvalue weighted by atomic mass is 9.94. The van der Waals surface area contributed by atoms with E-state index >= 15 is 0 Å². The SMILES string of the molecule is CC(CSc1ccc(F)cc1)C(=O)NC1CNCCC1C.Cl. The van der Waals surface area contributed by atoms with Crippen LogP contribution in [0.1, 0.15) is 20.3 Å². The van der Waals surface area contributed by atoms with Gasteiger partial charge in [0, 0.05) is 29.2 Å². The molecule has 124 valence electrons. The van der Waals surface area contributed by atoms with E-state index in [-0.39, 0.29) is 36.1 Å². The molecular weight excluding hydrogens is 323 g/mol. The highest BCUT2D eigenvalue weighted by atomic mass is 35.5. The van der Waals surface area contributed by atoms with Gasteiger partial charge in [-0.25, -0.2) is 4.39 Å². The van der Waals surface area contributed by atoms with Crippen molar-refractivity contribution in [3.63, 3.8) is 0 Å². The van der Waals surface area contributed by atoms with Crippen molar-refractivity contribution in [3.05, 3.63) is 30.1 Å². The van der Waals surface area contributed by atoms with E-state index in [1.54, 1.807) is 23.9 Å². The highest BCUT2D eigenvalue weighted by molar-refractivity contribution is 7.99. The molecule has 1 aliphatic rings. The Morgan fingerprint density at radius 1 is 1.45 bits per heavy atom. The lowest BCUT2D eigenvalue weighted by Gasteiger charge is -2.31. The number of amides is 1. The van der Waals surface area contributed by atoms with Gasteiger partial charge in [0.1, 0.15) is 5.82 Å². The smallest absolute Gasteiger partial charge is 0.223 e. The highest BCUT2D eigenvalue weighted by Crippen LogP contribution is 2.21. The summed E-state index contributed by atoms with van der Waals surface area (Å²) in [6, 6.07) is 6.62. The van der Waals surface area contributed by atoms with Crippen LogP contribution in [0.3, 0.4) is 0 Å². The molecule has 1 fully saturated rings. The second-order valence-electron chi connectivity index (χ2n) is 5.75. The van der Waals surface area contributed by atoms with E-state index < -0.39 is 0 Å². The van der Waals surface area contributed by atoms with Crippen molar-refractivity contribution in [3.8, 4) is 0 Å². The summed E-state index contributed by atoms with van der Waals surface area (Å²) in [5, 5.41) is 6.46. The van der Waals surface area contributed by atoms with Crippen LogP contribution in [-0.4, -0.2) is 30.8 Å². The molecule has 1 amide bonds. The number of piperidine rings is 1. The van der Waals surface area contributed by atoms with E-state index in [1.165, 1.54) is 12.1 Å². The first-order valence-electron chi connectivity index (χ1n) is 7.45. The lowest BCUT2D eigenvalue weighted by Crippen LogP contribution is -2.51. The average Bonchev–Trinajstić information content (AvgIpc) is 2.48. The van der Waals surface area contributed by atoms with E-state index in [4.69, 9.17) is 0 Å². The normalized spacial score (nSPS) is 22.5. The van der Waals surface area contributed by atoms with Crippen LogP contribution in [0, 0.1) is 17.7 Å². The summed E-state index contributed by atoms with van der Waals surface area (Å²) in [6.45, 7) is 6.00. The Morgan fingerprint density at radius 2 is 2.14 bits per heavy atom. The molecule has 1 aromatic rings. The van der Waals surface area contributed by atoms with E-state index in [0.717, 1.165) is 24.4 Å². The van der Waals surface area contributed by atoms with Crippen LogP contribution in [0.15, 0.2) is 29.2 Å². The number of benzene rings is 1. The molecule has 1 aliphatic heterocycles. The summed E-state index contributed by atoms with van der Waals surface area (Å²) in [4.78, 5) is 13.2. The van der Waals surface area contributed by atoms with Crippen molar-refractivity contribution in [2.24, 2.45) is 11.8 Å². The third kappa shape index (κ3) is 5.78. The maximum absolute atomic E-state index is 12.8. The van der Waals surface area contributed by atoms with Gasteiger partial charge in [0.05, 0.1) is 0 Å². The van der Waals surface area contributed by atoms with Crippen molar-refractivity contribution in [1.29, 1.82) is 0 Å². The molecule has 3 unspecified atom stereocenters. The molecule has 2 N–H and O–H groups in total. The lowest BCUT2D eigenvalue weighted by molar-refractivity contribution is -0.125. The van der Waals surface area contributed by atoms with E-state index in [1.807, 2.05) is 6.92 Å². The summed E-state index contributed by atoms with van der Waals surface area (Å²) >= 11 is 1.59. The first kappa shape index (κ1) is 19.3. The molecular formula is C16H24ClFN2OS. The van der Waals surface area contributed by atoms with Crippen molar-refractivity contribution >= 4 is 30.1 Å². The fourth-order valence-corrected chi connectivity index (χ4v) is 3.26. The minimum absolute atomic E-state index is 0. The van der Waals surface area contributed by atoms with Crippen LogP contribution >= 0.6 is 24.2 Å². The molecule has 0 aliphatic carbocycles. The molecule has 2 rings (SSSR count). The van der Waals surface area contributed by atoms with Crippen LogP contribution in [0.2, 0.25) is 0 Å². The van der Waals surface area contributed by atoms with Crippen LogP contribution in [0.4, 0.5) is 4.39 Å². The molecule has 22 heavy (non-hydrogen) atoms. The Hall–Kier alpha value is -0.780. The van der Waals surface area contributed by atoms with Crippen LogP contribution in [0.5, 0.6) is 0 Å². The summed E-state index contributed by atoms with van der Waals surface area (Å²) in [5.74, 6) is 1.03. The average molecular weight is 347 g/mol. The fraction of sp³-hybridized carbons (Fsp3) is 0.562. The number of thioether (sulfide) groups is 1. The van der Waals surface area contributed by atoms with E-state index in [9.17, 15) is 9.18 Å². The first-order chi connectivity index (χ1) is 10.1. The molecule has 1 saturated heterocycles. The predicted octanol–water partition coefficient (Wildman–Crippen LogP) is 3.09. The van der Waals surface area contributed by atoms with E-state index in [2.05, 4.69) is 17.6 Å². The molecule has 0 radical (unpaired) electrons. The Morgan fingerprint density at radius 3 is 2.77 bits per heavy atom.